The lowest BCUT2D eigenvalue weighted by Gasteiger charge is -2.03. The zero-order valence-electron chi connectivity index (χ0n) is 6.57. The maximum Gasteiger partial charge on any atom is 0.337 e. The zero-order valence-corrected chi connectivity index (χ0v) is 6.57. The third-order valence-electron chi connectivity index (χ3n) is 1.44. The number of rotatable bonds is 1. The Hall–Kier alpha value is -1.45. The number of phenolic OH excluding ortho intramolecular Hbond substituents is 1. The number of methoxy groups -OCH3 is 1. The molecule has 0 amide bonds. The number of carbonyl (C=O) groups is 1. The highest BCUT2D eigenvalue weighted by molar-refractivity contribution is 6.36. The third-order valence-corrected chi connectivity index (χ3v) is 1.44. The lowest BCUT2D eigenvalue weighted by molar-refractivity contribution is 0.0602. The van der Waals surface area contributed by atoms with Crippen LogP contribution in [-0.4, -0.2) is 26.0 Å². The average Bonchev–Trinajstić information content (AvgIpc) is 2.08. The number of carbonyl (C=O) groups excluding carboxylic acids is 1. The van der Waals surface area contributed by atoms with E-state index in [-0.39, 0.29) is 11.3 Å². The van der Waals surface area contributed by atoms with Crippen LogP contribution in [-0.2, 0) is 4.74 Å². The van der Waals surface area contributed by atoms with Crippen molar-refractivity contribution in [2.45, 2.75) is 0 Å². The standard InChI is InChI=1S/C8H7BO3/c1-12-8(11)6-4-5(10)2-3-7(6)9/h2-4,10H,1H3. The first-order chi connectivity index (χ1) is 5.65. The summed E-state index contributed by atoms with van der Waals surface area (Å²) in [5.74, 6) is -0.562. The molecule has 0 atom stereocenters. The van der Waals surface area contributed by atoms with Crippen molar-refractivity contribution in [1.29, 1.82) is 0 Å². The smallest absolute Gasteiger partial charge is 0.337 e. The van der Waals surface area contributed by atoms with Crippen LogP contribution < -0.4 is 5.46 Å². The van der Waals surface area contributed by atoms with E-state index in [0.717, 1.165) is 0 Å². The summed E-state index contributed by atoms with van der Waals surface area (Å²) in [5, 5.41) is 9.02. The van der Waals surface area contributed by atoms with Gasteiger partial charge in [0.05, 0.1) is 12.7 Å². The van der Waals surface area contributed by atoms with Crippen LogP contribution >= 0.6 is 0 Å². The summed E-state index contributed by atoms with van der Waals surface area (Å²) < 4.78 is 4.44. The van der Waals surface area contributed by atoms with E-state index < -0.39 is 5.97 Å². The van der Waals surface area contributed by atoms with Gasteiger partial charge in [0.15, 0.2) is 0 Å². The van der Waals surface area contributed by atoms with Crippen molar-refractivity contribution in [3.05, 3.63) is 23.8 Å². The van der Waals surface area contributed by atoms with Crippen molar-refractivity contribution < 1.29 is 14.6 Å². The summed E-state index contributed by atoms with van der Waals surface area (Å²) in [7, 11) is 6.71. The number of hydrogen-bond donors (Lipinski definition) is 1. The number of ether oxygens (including phenoxy) is 1. The summed E-state index contributed by atoms with van der Waals surface area (Å²) in [6.45, 7) is 0. The zero-order chi connectivity index (χ0) is 9.14. The number of hydrogen-bond acceptors (Lipinski definition) is 3. The number of benzene rings is 1. The Balaban J connectivity index is 3.13. The molecule has 0 fully saturated rings. The highest BCUT2D eigenvalue weighted by Gasteiger charge is 2.08. The molecule has 3 nitrogen and oxygen atoms in total. The quantitative estimate of drug-likeness (QED) is 0.465. The predicted octanol–water partition coefficient (Wildman–Crippen LogP) is -0.0274. The van der Waals surface area contributed by atoms with Gasteiger partial charge in [0, 0.05) is 0 Å². The monoisotopic (exact) mass is 162 g/mol. The Kier molecular flexibility index (Phi) is 2.38. The predicted molar refractivity (Wildman–Crippen MR) is 44.8 cm³/mol. The van der Waals surface area contributed by atoms with Gasteiger partial charge in [0.1, 0.15) is 13.6 Å². The first-order valence-electron chi connectivity index (χ1n) is 3.32. The highest BCUT2D eigenvalue weighted by atomic mass is 16.5. The molecule has 2 radical (unpaired) electrons. The normalized spacial score (nSPS) is 9.42. The van der Waals surface area contributed by atoms with Crippen LogP contribution in [0.25, 0.3) is 0 Å². The van der Waals surface area contributed by atoms with Crippen LogP contribution in [0.1, 0.15) is 10.4 Å². The Morgan fingerprint density at radius 3 is 2.83 bits per heavy atom. The largest absolute Gasteiger partial charge is 0.508 e. The van der Waals surface area contributed by atoms with Gasteiger partial charge in [-0.05, 0) is 12.1 Å². The van der Waals surface area contributed by atoms with Gasteiger partial charge in [-0.25, -0.2) is 4.79 Å². The Morgan fingerprint density at radius 1 is 1.58 bits per heavy atom. The van der Waals surface area contributed by atoms with E-state index >= 15 is 0 Å². The lowest BCUT2D eigenvalue weighted by Crippen LogP contribution is -2.16. The van der Waals surface area contributed by atoms with Gasteiger partial charge in [-0.15, -0.1) is 0 Å². The highest BCUT2D eigenvalue weighted by Crippen LogP contribution is 2.09. The molecule has 4 heteroatoms. The van der Waals surface area contributed by atoms with Gasteiger partial charge in [0.2, 0.25) is 0 Å². The lowest BCUT2D eigenvalue weighted by atomic mass is 9.90. The SMILES string of the molecule is [B]c1ccc(O)cc1C(=O)OC. The fourth-order valence-corrected chi connectivity index (χ4v) is 0.831. The van der Waals surface area contributed by atoms with E-state index in [2.05, 4.69) is 4.74 Å². The van der Waals surface area contributed by atoms with Crippen LogP contribution in [0, 0.1) is 0 Å². The number of esters is 1. The van der Waals surface area contributed by atoms with Crippen molar-refractivity contribution in [3.8, 4) is 5.75 Å². The third kappa shape index (κ3) is 1.58. The molecule has 0 aliphatic carbocycles. The van der Waals surface area contributed by atoms with Crippen LogP contribution in [0.4, 0.5) is 0 Å². The first-order valence-corrected chi connectivity index (χ1v) is 3.32. The Labute approximate surface area is 71.4 Å². The minimum absolute atomic E-state index is 0.00963. The molecular weight excluding hydrogens is 155 g/mol. The molecule has 1 N–H and O–H groups in total. The van der Waals surface area contributed by atoms with Crippen molar-refractivity contribution in [1.82, 2.24) is 0 Å². The van der Waals surface area contributed by atoms with Gasteiger partial charge < -0.3 is 9.84 Å². The van der Waals surface area contributed by atoms with Crippen molar-refractivity contribution in [2.24, 2.45) is 0 Å². The van der Waals surface area contributed by atoms with E-state index in [9.17, 15) is 4.79 Å². The van der Waals surface area contributed by atoms with Crippen LogP contribution in [0.15, 0.2) is 18.2 Å². The molecule has 12 heavy (non-hydrogen) atoms. The van der Waals surface area contributed by atoms with Crippen LogP contribution in [0.3, 0.4) is 0 Å². The summed E-state index contributed by atoms with van der Waals surface area (Å²) in [4.78, 5) is 11.0. The molecule has 0 bridgehead atoms. The molecule has 1 rings (SSSR count). The molecule has 60 valence electrons. The van der Waals surface area contributed by atoms with Crippen molar-refractivity contribution in [3.63, 3.8) is 0 Å². The molecule has 0 saturated carbocycles. The van der Waals surface area contributed by atoms with E-state index in [1.807, 2.05) is 0 Å². The second-order valence-electron chi connectivity index (χ2n) is 2.26. The number of aromatic hydroxyl groups is 1. The molecule has 0 aliphatic heterocycles. The minimum atomic E-state index is -0.552. The topological polar surface area (TPSA) is 46.5 Å². The Morgan fingerprint density at radius 2 is 2.25 bits per heavy atom. The second-order valence-corrected chi connectivity index (χ2v) is 2.26. The summed E-state index contributed by atoms with van der Waals surface area (Å²) in [6, 6.07) is 4.12. The van der Waals surface area contributed by atoms with Gasteiger partial charge in [-0.1, -0.05) is 11.5 Å². The molecule has 0 aromatic heterocycles. The summed E-state index contributed by atoms with van der Waals surface area (Å²) in [5.41, 5.74) is 0.470. The van der Waals surface area contributed by atoms with Crippen LogP contribution in [0.2, 0.25) is 0 Å². The molecule has 0 aliphatic rings. The molecule has 0 saturated heterocycles. The van der Waals surface area contributed by atoms with E-state index in [0.29, 0.717) is 5.46 Å². The molecule has 0 spiro atoms. The molecule has 0 heterocycles. The minimum Gasteiger partial charge on any atom is -0.508 e. The van der Waals surface area contributed by atoms with Crippen molar-refractivity contribution >= 4 is 19.3 Å². The van der Waals surface area contributed by atoms with Crippen LogP contribution in [0.5, 0.6) is 5.75 Å². The van der Waals surface area contributed by atoms with E-state index in [1.54, 1.807) is 0 Å². The first kappa shape index (κ1) is 8.65. The average molecular weight is 162 g/mol. The second kappa shape index (κ2) is 3.30. The summed E-state index contributed by atoms with van der Waals surface area (Å²) in [6.07, 6.45) is 0. The van der Waals surface area contributed by atoms with Gasteiger partial charge >= 0.3 is 5.97 Å². The van der Waals surface area contributed by atoms with Gasteiger partial charge in [-0.3, -0.25) is 0 Å². The van der Waals surface area contributed by atoms with Gasteiger partial charge in [-0.2, -0.15) is 0 Å². The molecular formula is C8H7BO3. The number of phenols is 1. The molecule has 1 aromatic rings. The Bertz CT molecular complexity index is 309. The summed E-state index contributed by atoms with van der Waals surface area (Å²) >= 11 is 0. The molecule has 0 unspecified atom stereocenters. The fraction of sp³-hybridized carbons (Fsp3) is 0.125. The maximum absolute atomic E-state index is 11.0. The fourth-order valence-electron chi connectivity index (χ4n) is 0.831. The van der Waals surface area contributed by atoms with Gasteiger partial charge in [0.25, 0.3) is 0 Å². The maximum atomic E-state index is 11.0. The van der Waals surface area contributed by atoms with E-state index in [4.69, 9.17) is 13.0 Å². The van der Waals surface area contributed by atoms with E-state index in [1.165, 1.54) is 25.3 Å². The molecule has 1 aromatic carbocycles. The van der Waals surface area contributed by atoms with Crippen molar-refractivity contribution in [2.75, 3.05) is 7.11 Å².